The number of carbonyl (C=O) groups is 2. The van der Waals surface area contributed by atoms with Crippen LogP contribution in [0.25, 0.3) is 11.3 Å². The molecular formula is C36H35N3O5S. The van der Waals surface area contributed by atoms with Gasteiger partial charge in [-0.3, -0.25) is 14.2 Å². The summed E-state index contributed by atoms with van der Waals surface area (Å²) in [4.78, 5) is 49.4. The Kier molecular flexibility index (Phi) is 8.54. The van der Waals surface area contributed by atoms with Crippen molar-refractivity contribution < 1.29 is 19.1 Å². The second kappa shape index (κ2) is 12.7. The minimum absolute atomic E-state index is 0.0154. The number of thiazole rings is 1. The van der Waals surface area contributed by atoms with E-state index in [0.29, 0.717) is 38.5 Å². The molecule has 1 amide bonds. The maximum Gasteiger partial charge on any atom is 0.338 e. The number of hydrogen-bond acceptors (Lipinski definition) is 7. The van der Waals surface area contributed by atoms with Gasteiger partial charge in [0.25, 0.3) is 11.5 Å². The molecule has 45 heavy (non-hydrogen) atoms. The Morgan fingerprint density at radius 2 is 1.67 bits per heavy atom. The molecule has 3 aromatic carbocycles. The van der Waals surface area contributed by atoms with Crippen molar-refractivity contribution in [1.82, 2.24) is 4.57 Å². The van der Waals surface area contributed by atoms with Gasteiger partial charge in [-0.1, -0.05) is 85.3 Å². The molecule has 0 radical (unpaired) electrons. The van der Waals surface area contributed by atoms with E-state index in [2.05, 4.69) is 6.92 Å². The first-order chi connectivity index (χ1) is 21.8. The smallest absolute Gasteiger partial charge is 0.338 e. The van der Waals surface area contributed by atoms with E-state index < -0.39 is 12.0 Å². The third-order valence-electron chi connectivity index (χ3n) is 7.80. The van der Waals surface area contributed by atoms with Crippen molar-refractivity contribution in [2.45, 2.75) is 52.7 Å². The first kappa shape index (κ1) is 30.3. The Balaban J connectivity index is 1.65. The van der Waals surface area contributed by atoms with Gasteiger partial charge in [-0.15, -0.1) is 0 Å². The fourth-order valence-corrected chi connectivity index (χ4v) is 6.94. The molecule has 230 valence electrons. The maximum atomic E-state index is 14.6. The topological polar surface area (TPSA) is 90.2 Å². The van der Waals surface area contributed by atoms with Gasteiger partial charge < -0.3 is 14.4 Å². The average Bonchev–Trinajstić information content (AvgIpc) is 3.51. The third-order valence-corrected chi connectivity index (χ3v) is 8.86. The third kappa shape index (κ3) is 5.53. The molecule has 1 aromatic heterocycles. The predicted molar refractivity (Wildman–Crippen MR) is 176 cm³/mol. The second-order valence-corrected chi connectivity index (χ2v) is 12.2. The molecular weight excluding hydrogens is 586 g/mol. The van der Waals surface area contributed by atoms with Crippen LogP contribution in [0.2, 0.25) is 0 Å². The lowest BCUT2D eigenvalue weighted by molar-refractivity contribution is -0.138. The number of carbonyl (C=O) groups excluding carboxylic acids is 2. The van der Waals surface area contributed by atoms with Crippen LogP contribution < -0.4 is 24.5 Å². The van der Waals surface area contributed by atoms with Crippen molar-refractivity contribution in [3.63, 3.8) is 0 Å². The summed E-state index contributed by atoms with van der Waals surface area (Å²) in [5.74, 6) is -0.0817. The van der Waals surface area contributed by atoms with Gasteiger partial charge in [0.1, 0.15) is 10.3 Å². The van der Waals surface area contributed by atoms with Crippen molar-refractivity contribution in [1.29, 1.82) is 0 Å². The lowest BCUT2D eigenvalue weighted by Crippen LogP contribution is -2.41. The lowest BCUT2D eigenvalue weighted by atomic mass is 9.93. The summed E-state index contributed by atoms with van der Waals surface area (Å²) in [5.41, 5.74) is 3.62. The van der Waals surface area contributed by atoms with Crippen LogP contribution >= 0.6 is 11.3 Å². The molecule has 2 aliphatic heterocycles. The largest absolute Gasteiger partial charge is 0.491 e. The Bertz CT molecular complexity index is 1970. The van der Waals surface area contributed by atoms with Crippen molar-refractivity contribution >= 4 is 40.2 Å². The van der Waals surface area contributed by atoms with Gasteiger partial charge >= 0.3 is 5.97 Å². The van der Waals surface area contributed by atoms with Crippen LogP contribution in [0.3, 0.4) is 0 Å². The molecule has 0 saturated heterocycles. The van der Waals surface area contributed by atoms with E-state index in [9.17, 15) is 14.4 Å². The highest BCUT2D eigenvalue weighted by molar-refractivity contribution is 7.07. The number of esters is 1. The molecule has 8 nitrogen and oxygen atoms in total. The number of benzene rings is 3. The number of anilines is 1. The summed E-state index contributed by atoms with van der Waals surface area (Å²) < 4.78 is 13.3. The van der Waals surface area contributed by atoms with E-state index in [1.807, 2.05) is 92.7 Å². The molecule has 0 unspecified atom stereocenters. The average molecular weight is 622 g/mol. The Labute approximate surface area is 265 Å². The molecule has 0 spiro atoms. The van der Waals surface area contributed by atoms with Gasteiger partial charge in [0, 0.05) is 17.7 Å². The lowest BCUT2D eigenvalue weighted by Gasteiger charge is -2.26. The maximum absolute atomic E-state index is 14.6. The Morgan fingerprint density at radius 1 is 0.956 bits per heavy atom. The highest BCUT2D eigenvalue weighted by Crippen LogP contribution is 2.37. The number of aromatic nitrogens is 1. The summed E-state index contributed by atoms with van der Waals surface area (Å²) in [6, 6.07) is 23.5. The van der Waals surface area contributed by atoms with E-state index in [0.717, 1.165) is 29.7 Å². The summed E-state index contributed by atoms with van der Waals surface area (Å²) in [6.07, 6.45) is 1.76. The molecule has 3 heterocycles. The number of fused-ring (bicyclic) bond motifs is 2. The number of hydrogen-bond donors (Lipinski definition) is 0. The SMILES string of the molecule is CCCCN1C(=O)/C(=c2\sc3n(c2=O)[C@@H](c2ccc(OC(C)C)cc2)C(C(=O)OCC)=C(c2ccccc2)N=3)c2ccccc21. The number of amides is 1. The van der Waals surface area contributed by atoms with Crippen LogP contribution in [-0.4, -0.2) is 35.7 Å². The van der Waals surface area contributed by atoms with Crippen LogP contribution in [0.1, 0.15) is 63.3 Å². The van der Waals surface area contributed by atoms with Gasteiger partial charge in [-0.25, -0.2) is 9.79 Å². The van der Waals surface area contributed by atoms with Gasteiger partial charge in [-0.2, -0.15) is 0 Å². The minimum Gasteiger partial charge on any atom is -0.491 e. The molecule has 0 bridgehead atoms. The molecule has 6 rings (SSSR count). The number of ether oxygens (including phenoxy) is 2. The minimum atomic E-state index is -0.846. The van der Waals surface area contributed by atoms with E-state index >= 15 is 0 Å². The fourth-order valence-electron chi connectivity index (χ4n) is 5.84. The molecule has 2 aliphatic rings. The normalized spacial score (nSPS) is 16.9. The van der Waals surface area contributed by atoms with Gasteiger partial charge in [-0.05, 0) is 51.0 Å². The van der Waals surface area contributed by atoms with Gasteiger partial charge in [0.2, 0.25) is 0 Å². The Morgan fingerprint density at radius 3 is 2.36 bits per heavy atom. The molecule has 0 saturated carbocycles. The summed E-state index contributed by atoms with van der Waals surface area (Å²) in [7, 11) is 0. The van der Waals surface area contributed by atoms with Crippen molar-refractivity contribution in [3.05, 3.63) is 121 Å². The number of rotatable bonds is 9. The van der Waals surface area contributed by atoms with E-state index in [1.165, 1.54) is 15.9 Å². The van der Waals surface area contributed by atoms with Crippen LogP contribution in [0.15, 0.2) is 94.2 Å². The first-order valence-corrected chi connectivity index (χ1v) is 16.1. The highest BCUT2D eigenvalue weighted by atomic mass is 32.1. The van der Waals surface area contributed by atoms with Crippen LogP contribution in [0.5, 0.6) is 5.75 Å². The summed E-state index contributed by atoms with van der Waals surface area (Å²) >= 11 is 1.18. The molecule has 0 N–H and O–H groups in total. The number of nitrogens with zero attached hydrogens (tertiary/aromatic N) is 3. The van der Waals surface area contributed by atoms with Crippen LogP contribution in [0, 0.1) is 0 Å². The summed E-state index contributed by atoms with van der Waals surface area (Å²) in [5, 5.41) is 0. The number of para-hydroxylation sites is 1. The quantitative estimate of drug-likeness (QED) is 0.239. The monoisotopic (exact) mass is 621 g/mol. The van der Waals surface area contributed by atoms with E-state index in [4.69, 9.17) is 14.5 Å². The zero-order valence-electron chi connectivity index (χ0n) is 25.8. The second-order valence-electron chi connectivity index (χ2n) is 11.2. The number of unbranched alkanes of at least 4 members (excludes halogenated alkanes) is 1. The summed E-state index contributed by atoms with van der Waals surface area (Å²) in [6.45, 7) is 8.45. The molecule has 1 atom stereocenters. The fraction of sp³-hybridized carbons (Fsp3) is 0.278. The zero-order chi connectivity index (χ0) is 31.7. The molecule has 0 aliphatic carbocycles. The van der Waals surface area contributed by atoms with Crippen molar-refractivity contribution in [2.75, 3.05) is 18.1 Å². The van der Waals surface area contributed by atoms with Crippen LogP contribution in [0.4, 0.5) is 5.69 Å². The van der Waals surface area contributed by atoms with E-state index in [-0.39, 0.29) is 29.8 Å². The van der Waals surface area contributed by atoms with Crippen LogP contribution in [-0.2, 0) is 14.3 Å². The zero-order valence-corrected chi connectivity index (χ0v) is 26.6. The van der Waals surface area contributed by atoms with Crippen molar-refractivity contribution in [2.24, 2.45) is 4.99 Å². The highest BCUT2D eigenvalue weighted by Gasteiger charge is 2.38. The Hall–Kier alpha value is -4.76. The van der Waals surface area contributed by atoms with Gasteiger partial charge in [0.15, 0.2) is 4.80 Å². The predicted octanol–water partition coefficient (Wildman–Crippen LogP) is 5.24. The van der Waals surface area contributed by atoms with Crippen molar-refractivity contribution in [3.8, 4) is 5.75 Å². The molecule has 4 aromatic rings. The first-order valence-electron chi connectivity index (χ1n) is 15.3. The van der Waals surface area contributed by atoms with E-state index in [1.54, 1.807) is 11.8 Å². The standard InChI is InChI=1S/C36H35N3O5S/c1-5-7-21-38-27-16-12-11-15-26(27)28(33(38)40)32-34(41)39-31(24-17-19-25(20-18-24)44-22(3)4)29(35(42)43-6-2)30(37-36(39)45-32)23-13-9-8-10-14-23/h8-20,22,31H,5-7,21H2,1-4H3/b32-28-/t31-/m0/s1. The molecule has 9 heteroatoms. The van der Waals surface area contributed by atoms with Gasteiger partial charge in [0.05, 0.1) is 41.3 Å². The molecule has 0 fully saturated rings.